The molecule has 0 unspecified atom stereocenters. The number of amides is 3. The van der Waals surface area contributed by atoms with Crippen LogP contribution < -0.4 is 5.32 Å². The van der Waals surface area contributed by atoms with Crippen LogP contribution in [0, 0.1) is 6.92 Å². The molecule has 1 aliphatic heterocycles. The zero-order valence-corrected chi connectivity index (χ0v) is 13.6. The van der Waals surface area contributed by atoms with E-state index in [2.05, 4.69) is 36.5 Å². The number of piperazine rings is 1. The summed E-state index contributed by atoms with van der Waals surface area (Å²) in [6.45, 7) is 5.67. The maximum Gasteiger partial charge on any atom is 0.318 e. The van der Waals surface area contributed by atoms with Crippen LogP contribution in [0.5, 0.6) is 0 Å². The number of carbonyl (C=O) groups is 2. The molecule has 1 aromatic carbocycles. The smallest absolute Gasteiger partial charge is 0.318 e. The van der Waals surface area contributed by atoms with Crippen LogP contribution >= 0.6 is 0 Å². The van der Waals surface area contributed by atoms with Gasteiger partial charge >= 0.3 is 6.03 Å². The summed E-state index contributed by atoms with van der Waals surface area (Å²) in [5.74, 6) is 0.000977. The lowest BCUT2D eigenvalue weighted by Gasteiger charge is -2.37. The highest BCUT2D eigenvalue weighted by atomic mass is 16.2. The number of urea groups is 1. The van der Waals surface area contributed by atoms with Crippen molar-refractivity contribution in [2.45, 2.75) is 32.7 Å². The van der Waals surface area contributed by atoms with Crippen molar-refractivity contribution in [1.29, 1.82) is 0 Å². The van der Waals surface area contributed by atoms with Crippen molar-refractivity contribution in [2.24, 2.45) is 0 Å². The first-order chi connectivity index (χ1) is 10.5. The Hall–Kier alpha value is -2.04. The van der Waals surface area contributed by atoms with E-state index in [-0.39, 0.29) is 18.0 Å². The molecule has 0 aliphatic carbocycles. The first kappa shape index (κ1) is 16.3. The molecule has 1 saturated heterocycles. The van der Waals surface area contributed by atoms with E-state index in [0.717, 1.165) is 12.8 Å². The molecule has 0 spiro atoms. The van der Waals surface area contributed by atoms with E-state index in [1.165, 1.54) is 11.1 Å². The van der Waals surface area contributed by atoms with Crippen molar-refractivity contribution in [2.75, 3.05) is 26.7 Å². The first-order valence-electron chi connectivity index (χ1n) is 7.84. The van der Waals surface area contributed by atoms with Gasteiger partial charge in [-0.2, -0.15) is 0 Å². The second kappa shape index (κ2) is 7.29. The highest BCUT2D eigenvalue weighted by molar-refractivity contribution is 5.87. The number of hydrogen-bond acceptors (Lipinski definition) is 2. The normalized spacial score (nSPS) is 18.5. The summed E-state index contributed by atoms with van der Waals surface area (Å²) in [4.78, 5) is 27.3. The van der Waals surface area contributed by atoms with Crippen LogP contribution in [-0.4, -0.2) is 54.5 Å². The number of aryl methyl sites for hydroxylation is 2. The summed E-state index contributed by atoms with van der Waals surface area (Å²) in [6.07, 6.45) is 1.84. The second-order valence-electron chi connectivity index (χ2n) is 5.95. The van der Waals surface area contributed by atoms with E-state index < -0.39 is 0 Å². The standard InChI is InChI=1S/C17H25N3O2/c1-13-6-8-15(9-7-13)5-4-10-18-17(22)20-12-11-19(3)16(21)14(20)2/h6-9,14H,4-5,10-12H2,1-3H3,(H,18,22)/t14-/m1/s1. The molecule has 0 aromatic heterocycles. The minimum atomic E-state index is -0.379. The van der Waals surface area contributed by atoms with Gasteiger partial charge in [0, 0.05) is 26.7 Å². The summed E-state index contributed by atoms with van der Waals surface area (Å²) in [5, 5.41) is 2.92. The summed E-state index contributed by atoms with van der Waals surface area (Å²) < 4.78 is 0. The van der Waals surface area contributed by atoms with Crippen molar-refractivity contribution in [3.8, 4) is 0 Å². The molecule has 5 heteroatoms. The van der Waals surface area contributed by atoms with Gasteiger partial charge in [0.05, 0.1) is 0 Å². The molecule has 1 aromatic rings. The minimum Gasteiger partial charge on any atom is -0.342 e. The van der Waals surface area contributed by atoms with Gasteiger partial charge in [-0.05, 0) is 32.3 Å². The Morgan fingerprint density at radius 3 is 2.64 bits per heavy atom. The number of hydrogen-bond donors (Lipinski definition) is 1. The molecule has 120 valence electrons. The van der Waals surface area contributed by atoms with Crippen LogP contribution in [0.4, 0.5) is 4.79 Å². The fourth-order valence-electron chi connectivity index (χ4n) is 2.64. The molecule has 2 rings (SSSR count). The largest absolute Gasteiger partial charge is 0.342 e. The predicted molar refractivity (Wildman–Crippen MR) is 86.7 cm³/mol. The number of nitrogens with zero attached hydrogens (tertiary/aromatic N) is 2. The third kappa shape index (κ3) is 4.00. The lowest BCUT2D eigenvalue weighted by Crippen LogP contribution is -2.58. The number of rotatable bonds is 4. The highest BCUT2D eigenvalue weighted by Crippen LogP contribution is 2.10. The van der Waals surface area contributed by atoms with Gasteiger partial charge < -0.3 is 15.1 Å². The number of benzene rings is 1. The molecule has 5 nitrogen and oxygen atoms in total. The summed E-state index contributed by atoms with van der Waals surface area (Å²) in [7, 11) is 1.77. The Morgan fingerprint density at radius 2 is 1.95 bits per heavy atom. The highest BCUT2D eigenvalue weighted by Gasteiger charge is 2.32. The Bertz CT molecular complexity index is 527. The van der Waals surface area contributed by atoms with Crippen LogP contribution in [0.25, 0.3) is 0 Å². The quantitative estimate of drug-likeness (QED) is 0.862. The maximum atomic E-state index is 12.2. The maximum absolute atomic E-state index is 12.2. The van der Waals surface area contributed by atoms with Crippen LogP contribution in [0.1, 0.15) is 24.5 Å². The first-order valence-corrected chi connectivity index (χ1v) is 7.84. The number of likely N-dealkylation sites (N-methyl/N-ethyl adjacent to an activating group) is 1. The summed E-state index contributed by atoms with van der Waals surface area (Å²) in [6, 6.07) is 7.93. The predicted octanol–water partition coefficient (Wildman–Crippen LogP) is 1.80. The average Bonchev–Trinajstić information content (AvgIpc) is 2.51. The van der Waals surface area contributed by atoms with Crippen molar-refractivity contribution >= 4 is 11.9 Å². The van der Waals surface area contributed by atoms with Crippen molar-refractivity contribution < 1.29 is 9.59 Å². The van der Waals surface area contributed by atoms with Gasteiger partial charge in [0.25, 0.3) is 0 Å². The zero-order valence-electron chi connectivity index (χ0n) is 13.6. The number of carbonyl (C=O) groups excluding carboxylic acids is 2. The summed E-state index contributed by atoms with van der Waals surface area (Å²) >= 11 is 0. The van der Waals surface area contributed by atoms with Gasteiger partial charge in [0.1, 0.15) is 6.04 Å². The molecule has 1 aliphatic rings. The third-order valence-electron chi connectivity index (χ3n) is 4.18. The third-order valence-corrected chi connectivity index (χ3v) is 4.18. The average molecular weight is 303 g/mol. The van der Waals surface area contributed by atoms with E-state index >= 15 is 0 Å². The van der Waals surface area contributed by atoms with Crippen LogP contribution in [0.2, 0.25) is 0 Å². The number of nitrogens with one attached hydrogen (secondary N) is 1. The molecule has 0 saturated carbocycles. The van der Waals surface area contributed by atoms with Gasteiger partial charge in [0.2, 0.25) is 5.91 Å². The van der Waals surface area contributed by atoms with Crippen LogP contribution in [-0.2, 0) is 11.2 Å². The molecule has 1 heterocycles. The zero-order chi connectivity index (χ0) is 16.1. The molecule has 1 N–H and O–H groups in total. The molecular weight excluding hydrogens is 278 g/mol. The fraction of sp³-hybridized carbons (Fsp3) is 0.529. The molecule has 22 heavy (non-hydrogen) atoms. The van der Waals surface area contributed by atoms with Crippen molar-refractivity contribution in [3.05, 3.63) is 35.4 Å². The Balaban J connectivity index is 1.73. The van der Waals surface area contributed by atoms with Gasteiger partial charge in [0.15, 0.2) is 0 Å². The SMILES string of the molecule is Cc1ccc(CCCNC(=O)N2CCN(C)C(=O)[C@H]2C)cc1. The second-order valence-corrected chi connectivity index (χ2v) is 5.95. The minimum absolute atomic E-state index is 0.000977. The lowest BCUT2D eigenvalue weighted by molar-refractivity contribution is -0.137. The van der Waals surface area contributed by atoms with E-state index in [9.17, 15) is 9.59 Å². The van der Waals surface area contributed by atoms with Gasteiger partial charge in [-0.3, -0.25) is 4.79 Å². The van der Waals surface area contributed by atoms with Gasteiger partial charge in [-0.15, -0.1) is 0 Å². The van der Waals surface area contributed by atoms with Gasteiger partial charge in [-0.1, -0.05) is 29.8 Å². The van der Waals surface area contributed by atoms with Crippen molar-refractivity contribution in [3.63, 3.8) is 0 Å². The Kier molecular flexibility index (Phi) is 5.41. The molecule has 1 atom stereocenters. The van der Waals surface area contributed by atoms with E-state index in [1.54, 1.807) is 23.8 Å². The fourth-order valence-corrected chi connectivity index (χ4v) is 2.64. The molecule has 0 radical (unpaired) electrons. The van der Waals surface area contributed by atoms with Crippen LogP contribution in [0.15, 0.2) is 24.3 Å². The topological polar surface area (TPSA) is 52.7 Å². The Morgan fingerprint density at radius 1 is 1.27 bits per heavy atom. The van der Waals surface area contributed by atoms with E-state index in [4.69, 9.17) is 0 Å². The van der Waals surface area contributed by atoms with E-state index in [1.807, 2.05) is 0 Å². The molecular formula is C17H25N3O2. The molecule has 3 amide bonds. The van der Waals surface area contributed by atoms with Crippen LogP contribution in [0.3, 0.4) is 0 Å². The molecule has 1 fully saturated rings. The Labute approximate surface area is 132 Å². The molecule has 0 bridgehead atoms. The lowest BCUT2D eigenvalue weighted by atomic mass is 10.1. The van der Waals surface area contributed by atoms with Crippen molar-refractivity contribution in [1.82, 2.24) is 15.1 Å². The summed E-state index contributed by atoms with van der Waals surface area (Å²) in [5.41, 5.74) is 2.54. The monoisotopic (exact) mass is 303 g/mol. The van der Waals surface area contributed by atoms with E-state index in [0.29, 0.717) is 19.6 Å². The van der Waals surface area contributed by atoms with Gasteiger partial charge in [-0.25, -0.2) is 4.79 Å².